The second-order valence-corrected chi connectivity index (χ2v) is 6.19. The second-order valence-electron chi connectivity index (χ2n) is 6.19. The Morgan fingerprint density at radius 2 is 1.85 bits per heavy atom. The van der Waals surface area contributed by atoms with Gasteiger partial charge in [0.1, 0.15) is 0 Å². The smallest absolute Gasteiger partial charge is 0.308 e. The summed E-state index contributed by atoms with van der Waals surface area (Å²) in [6.45, 7) is 2.08. The Morgan fingerprint density at radius 1 is 1.10 bits per heavy atom. The van der Waals surface area contributed by atoms with E-state index in [9.17, 15) is 9.90 Å². The van der Waals surface area contributed by atoms with Crippen molar-refractivity contribution >= 4 is 5.97 Å². The van der Waals surface area contributed by atoms with Crippen LogP contribution < -0.4 is 0 Å². The van der Waals surface area contributed by atoms with Gasteiger partial charge in [-0.2, -0.15) is 0 Å². The molecule has 2 fully saturated rings. The zero-order chi connectivity index (χ0) is 13.9. The first-order valence-corrected chi connectivity index (χ1v) is 7.77. The predicted octanol–water partition coefficient (Wildman–Crippen LogP) is 3.12. The molecule has 1 saturated heterocycles. The summed E-state index contributed by atoms with van der Waals surface area (Å²) in [6.07, 6.45) is 5.32. The average Bonchev–Trinajstić information content (AvgIpc) is 2.98. The summed E-state index contributed by atoms with van der Waals surface area (Å²) in [5.74, 6) is -0.177. The lowest BCUT2D eigenvalue weighted by Gasteiger charge is -2.35. The van der Waals surface area contributed by atoms with Gasteiger partial charge in [0.2, 0.25) is 0 Å². The van der Waals surface area contributed by atoms with Gasteiger partial charge in [-0.25, -0.2) is 0 Å². The first-order valence-electron chi connectivity index (χ1n) is 7.77. The highest BCUT2D eigenvalue weighted by molar-refractivity contribution is 5.71. The van der Waals surface area contributed by atoms with Gasteiger partial charge in [-0.1, -0.05) is 43.2 Å². The van der Waals surface area contributed by atoms with Crippen LogP contribution in [0.5, 0.6) is 0 Å². The van der Waals surface area contributed by atoms with Crippen molar-refractivity contribution in [3.05, 3.63) is 35.9 Å². The van der Waals surface area contributed by atoms with Crippen molar-refractivity contribution in [2.24, 2.45) is 5.92 Å². The third kappa shape index (κ3) is 2.73. The van der Waals surface area contributed by atoms with E-state index in [0.717, 1.165) is 38.8 Å². The quantitative estimate of drug-likeness (QED) is 0.920. The molecule has 3 nitrogen and oxygen atoms in total. The Bertz CT molecular complexity index is 459. The van der Waals surface area contributed by atoms with Gasteiger partial charge < -0.3 is 5.11 Å². The number of aliphatic carboxylic acids is 1. The molecule has 0 spiro atoms. The van der Waals surface area contributed by atoms with Crippen LogP contribution in [0.3, 0.4) is 0 Å². The van der Waals surface area contributed by atoms with Crippen LogP contribution >= 0.6 is 0 Å². The Labute approximate surface area is 120 Å². The average molecular weight is 273 g/mol. The van der Waals surface area contributed by atoms with Crippen LogP contribution in [0.4, 0.5) is 0 Å². The first kappa shape index (κ1) is 13.6. The highest BCUT2D eigenvalue weighted by Gasteiger charge is 2.38. The van der Waals surface area contributed by atoms with Gasteiger partial charge >= 0.3 is 5.97 Å². The molecule has 0 amide bonds. The highest BCUT2D eigenvalue weighted by Crippen LogP contribution is 2.35. The molecule has 1 heterocycles. The molecule has 3 heteroatoms. The Hall–Kier alpha value is -1.35. The summed E-state index contributed by atoms with van der Waals surface area (Å²) in [4.78, 5) is 13.9. The van der Waals surface area contributed by atoms with Crippen molar-refractivity contribution in [3.8, 4) is 0 Å². The van der Waals surface area contributed by atoms with Gasteiger partial charge in [-0.15, -0.1) is 0 Å². The van der Waals surface area contributed by atoms with Crippen molar-refractivity contribution < 1.29 is 9.90 Å². The number of likely N-dealkylation sites (tertiary alicyclic amines) is 1. The second kappa shape index (κ2) is 5.96. The van der Waals surface area contributed by atoms with E-state index in [1.54, 1.807) is 0 Å². The molecule has 3 rings (SSSR count). The third-order valence-electron chi connectivity index (χ3n) is 5.01. The van der Waals surface area contributed by atoms with Gasteiger partial charge in [0.15, 0.2) is 0 Å². The molecule has 3 atom stereocenters. The minimum atomic E-state index is -0.599. The van der Waals surface area contributed by atoms with E-state index in [1.165, 1.54) is 12.0 Å². The van der Waals surface area contributed by atoms with E-state index >= 15 is 0 Å². The van der Waals surface area contributed by atoms with E-state index in [-0.39, 0.29) is 12.0 Å². The fraction of sp³-hybridized carbons (Fsp3) is 0.588. The van der Waals surface area contributed by atoms with Crippen LogP contribution in [0.25, 0.3) is 0 Å². The Kier molecular flexibility index (Phi) is 4.06. The number of rotatable bonds is 3. The minimum absolute atomic E-state index is 0.154. The molecule has 1 N–H and O–H groups in total. The number of benzene rings is 1. The highest BCUT2D eigenvalue weighted by atomic mass is 16.4. The number of hydrogen-bond acceptors (Lipinski definition) is 2. The predicted molar refractivity (Wildman–Crippen MR) is 78.8 cm³/mol. The zero-order valence-corrected chi connectivity index (χ0v) is 11.9. The fourth-order valence-electron chi connectivity index (χ4n) is 3.92. The van der Waals surface area contributed by atoms with E-state index in [2.05, 4.69) is 35.2 Å². The topological polar surface area (TPSA) is 40.5 Å². The maximum absolute atomic E-state index is 11.4. The summed E-state index contributed by atoms with van der Waals surface area (Å²) < 4.78 is 0. The lowest BCUT2D eigenvalue weighted by molar-refractivity contribution is -0.145. The molecular weight excluding hydrogens is 250 g/mol. The van der Waals surface area contributed by atoms with E-state index in [0.29, 0.717) is 5.92 Å². The van der Waals surface area contributed by atoms with Crippen LogP contribution in [-0.4, -0.2) is 35.1 Å². The van der Waals surface area contributed by atoms with Crippen molar-refractivity contribution in [1.82, 2.24) is 4.90 Å². The van der Waals surface area contributed by atoms with E-state index < -0.39 is 5.97 Å². The van der Waals surface area contributed by atoms with Crippen molar-refractivity contribution in [1.29, 1.82) is 0 Å². The van der Waals surface area contributed by atoms with Crippen LogP contribution in [0.2, 0.25) is 0 Å². The molecule has 0 bridgehead atoms. The first-order chi connectivity index (χ1) is 9.75. The number of carbonyl (C=O) groups is 1. The van der Waals surface area contributed by atoms with Gasteiger partial charge in [0, 0.05) is 12.6 Å². The molecule has 2 aliphatic rings. The van der Waals surface area contributed by atoms with Crippen LogP contribution in [-0.2, 0) is 4.79 Å². The molecule has 20 heavy (non-hydrogen) atoms. The molecule has 0 radical (unpaired) electrons. The largest absolute Gasteiger partial charge is 0.481 e. The van der Waals surface area contributed by atoms with Crippen LogP contribution in [0, 0.1) is 5.92 Å². The van der Waals surface area contributed by atoms with Crippen molar-refractivity contribution in [2.75, 3.05) is 13.1 Å². The molecule has 3 unspecified atom stereocenters. The Morgan fingerprint density at radius 3 is 2.60 bits per heavy atom. The summed E-state index contributed by atoms with van der Waals surface area (Å²) in [6, 6.07) is 10.9. The monoisotopic (exact) mass is 273 g/mol. The van der Waals surface area contributed by atoms with Crippen molar-refractivity contribution in [3.63, 3.8) is 0 Å². The molecule has 1 aliphatic carbocycles. The van der Waals surface area contributed by atoms with Crippen LogP contribution in [0.1, 0.15) is 43.6 Å². The normalized spacial score (nSPS) is 31.3. The molecule has 1 aromatic carbocycles. The number of carboxylic acids is 1. The summed E-state index contributed by atoms with van der Waals surface area (Å²) >= 11 is 0. The lowest BCUT2D eigenvalue weighted by atomic mass is 9.83. The SMILES string of the molecule is O=C(O)C1CCCCC1N1CCC(c2ccccc2)C1. The van der Waals surface area contributed by atoms with Gasteiger partial charge in [-0.05, 0) is 37.3 Å². The molecule has 1 aromatic rings. The summed E-state index contributed by atoms with van der Waals surface area (Å²) in [5, 5.41) is 9.43. The molecule has 1 aliphatic heterocycles. The maximum Gasteiger partial charge on any atom is 0.308 e. The summed E-state index contributed by atoms with van der Waals surface area (Å²) in [5.41, 5.74) is 1.40. The molecule has 1 saturated carbocycles. The standard InChI is InChI=1S/C17H23NO2/c19-17(20)15-8-4-5-9-16(15)18-11-10-14(12-18)13-6-2-1-3-7-13/h1-3,6-7,14-16H,4-5,8-12H2,(H,19,20). The van der Waals surface area contributed by atoms with Crippen LogP contribution in [0.15, 0.2) is 30.3 Å². The van der Waals surface area contributed by atoms with E-state index in [4.69, 9.17) is 0 Å². The minimum Gasteiger partial charge on any atom is -0.481 e. The van der Waals surface area contributed by atoms with Gasteiger partial charge in [-0.3, -0.25) is 9.69 Å². The third-order valence-corrected chi connectivity index (χ3v) is 5.01. The molecule has 108 valence electrons. The molecular formula is C17H23NO2. The number of nitrogens with zero attached hydrogens (tertiary/aromatic N) is 1. The molecule has 0 aromatic heterocycles. The van der Waals surface area contributed by atoms with Gasteiger partial charge in [0.05, 0.1) is 5.92 Å². The lowest BCUT2D eigenvalue weighted by Crippen LogP contribution is -2.44. The van der Waals surface area contributed by atoms with E-state index in [1.807, 2.05) is 0 Å². The Balaban J connectivity index is 1.68. The maximum atomic E-state index is 11.4. The van der Waals surface area contributed by atoms with Crippen molar-refractivity contribution in [2.45, 2.75) is 44.1 Å². The van der Waals surface area contributed by atoms with Gasteiger partial charge in [0.25, 0.3) is 0 Å². The number of hydrogen-bond donors (Lipinski definition) is 1. The number of carboxylic acid groups (broad SMARTS) is 1. The zero-order valence-electron chi connectivity index (χ0n) is 11.9. The fourth-order valence-corrected chi connectivity index (χ4v) is 3.92. The summed E-state index contributed by atoms with van der Waals surface area (Å²) in [7, 11) is 0.